The first-order valence-corrected chi connectivity index (χ1v) is 6.98. The van der Waals surface area contributed by atoms with E-state index in [9.17, 15) is 9.59 Å². The third-order valence-corrected chi connectivity index (χ3v) is 3.69. The van der Waals surface area contributed by atoms with Crippen molar-refractivity contribution in [1.82, 2.24) is 15.0 Å². The molecule has 0 saturated heterocycles. The highest BCUT2D eigenvalue weighted by atomic mass is 16.1. The van der Waals surface area contributed by atoms with Crippen LogP contribution in [0.5, 0.6) is 0 Å². The molecule has 5 heteroatoms. The number of nitrogens with zero attached hydrogens (tertiary/aromatic N) is 2. The van der Waals surface area contributed by atoms with Gasteiger partial charge in [-0.15, -0.1) is 0 Å². The van der Waals surface area contributed by atoms with Gasteiger partial charge in [-0.1, -0.05) is 0 Å². The van der Waals surface area contributed by atoms with E-state index in [2.05, 4.69) is 15.0 Å². The molecule has 0 amide bonds. The number of aromatic amines is 1. The second-order valence-electron chi connectivity index (χ2n) is 5.31. The normalized spacial score (nSPS) is 10.8. The first-order chi connectivity index (χ1) is 10.5. The van der Waals surface area contributed by atoms with E-state index >= 15 is 0 Å². The lowest BCUT2D eigenvalue weighted by Gasteiger charge is -2.05. The Labute approximate surface area is 127 Å². The van der Waals surface area contributed by atoms with E-state index in [1.54, 1.807) is 18.3 Å². The smallest absolute Gasteiger partial charge is 0.270 e. The fourth-order valence-corrected chi connectivity index (χ4v) is 2.29. The number of hydrogen-bond acceptors (Lipinski definition) is 4. The molecule has 22 heavy (non-hydrogen) atoms. The van der Waals surface area contributed by atoms with Crippen molar-refractivity contribution in [2.45, 2.75) is 20.3 Å². The van der Waals surface area contributed by atoms with Crippen LogP contribution in [0.1, 0.15) is 27.2 Å². The average molecular weight is 293 g/mol. The molecule has 0 atom stereocenters. The van der Waals surface area contributed by atoms with Crippen LogP contribution < -0.4 is 5.56 Å². The molecule has 3 rings (SSSR count). The Hall–Kier alpha value is -2.82. The Morgan fingerprint density at radius 2 is 2.00 bits per heavy atom. The lowest BCUT2D eigenvalue weighted by molar-refractivity contribution is 0.0991. The van der Waals surface area contributed by atoms with Crippen molar-refractivity contribution in [2.24, 2.45) is 0 Å². The van der Waals surface area contributed by atoms with Crippen molar-refractivity contribution >= 4 is 16.8 Å². The van der Waals surface area contributed by atoms with E-state index in [0.29, 0.717) is 16.6 Å². The number of aryl methyl sites for hydroxylation is 2. The molecular weight excluding hydrogens is 278 g/mol. The summed E-state index contributed by atoms with van der Waals surface area (Å²) >= 11 is 0. The fraction of sp³-hybridized carbons (Fsp3) is 0.176. The van der Waals surface area contributed by atoms with Crippen molar-refractivity contribution in [3.8, 4) is 0 Å². The zero-order chi connectivity index (χ0) is 15.7. The number of hydrogen-bond donors (Lipinski definition) is 1. The number of H-pyrrole nitrogens is 1. The molecule has 0 bridgehead atoms. The maximum atomic E-state index is 12.2. The molecule has 2 aromatic heterocycles. The molecule has 1 N–H and O–H groups in total. The minimum Gasteiger partial charge on any atom is -0.319 e. The Kier molecular flexibility index (Phi) is 3.55. The van der Waals surface area contributed by atoms with Crippen LogP contribution in [-0.4, -0.2) is 20.7 Å². The molecule has 0 unspecified atom stereocenters. The van der Waals surface area contributed by atoms with Crippen LogP contribution >= 0.6 is 0 Å². The molecule has 0 aliphatic rings. The number of benzene rings is 1. The van der Waals surface area contributed by atoms with E-state index in [-0.39, 0.29) is 23.5 Å². The second-order valence-corrected chi connectivity index (χ2v) is 5.31. The first-order valence-electron chi connectivity index (χ1n) is 6.98. The summed E-state index contributed by atoms with van der Waals surface area (Å²) in [5, 5.41) is 0. The molecular formula is C17H15N3O2. The summed E-state index contributed by atoms with van der Waals surface area (Å²) < 4.78 is 0. The van der Waals surface area contributed by atoms with E-state index in [4.69, 9.17) is 0 Å². The molecule has 0 saturated carbocycles. The molecule has 0 fully saturated rings. The highest BCUT2D eigenvalue weighted by Gasteiger charge is 2.12. The molecule has 0 spiro atoms. The standard InChI is InChI=1S/C17H15N3O2/c1-10-6-13-14(7-11(10)2)20-17(22)15(19-13)8-16(21)12-4-3-5-18-9-12/h3-7,9H,8H2,1-2H3,(H,20,22). The van der Waals surface area contributed by atoms with Gasteiger partial charge in [-0.2, -0.15) is 0 Å². The summed E-state index contributed by atoms with van der Waals surface area (Å²) in [6.45, 7) is 3.97. The molecule has 1 aromatic carbocycles. The SMILES string of the molecule is Cc1cc2nc(CC(=O)c3cccnc3)c(=O)[nH]c2cc1C. The first kappa shape index (κ1) is 14.1. The van der Waals surface area contributed by atoms with Crippen LogP contribution in [0, 0.1) is 13.8 Å². The zero-order valence-corrected chi connectivity index (χ0v) is 12.4. The van der Waals surface area contributed by atoms with Gasteiger partial charge in [0.25, 0.3) is 5.56 Å². The van der Waals surface area contributed by atoms with Crippen molar-refractivity contribution in [1.29, 1.82) is 0 Å². The van der Waals surface area contributed by atoms with E-state index in [0.717, 1.165) is 11.1 Å². The summed E-state index contributed by atoms with van der Waals surface area (Å²) in [5.74, 6) is -0.172. The van der Waals surface area contributed by atoms with E-state index in [1.807, 2.05) is 26.0 Å². The number of Topliss-reactive ketones (excluding diaryl/α,β-unsaturated/α-hetero) is 1. The predicted octanol–water partition coefficient (Wildman–Crippen LogP) is 2.36. The monoisotopic (exact) mass is 293 g/mol. The summed E-state index contributed by atoms with van der Waals surface area (Å²) in [4.78, 5) is 35.4. The van der Waals surface area contributed by atoms with Crippen molar-refractivity contribution in [2.75, 3.05) is 0 Å². The van der Waals surface area contributed by atoms with Crippen LogP contribution in [0.4, 0.5) is 0 Å². The number of fused-ring (bicyclic) bond motifs is 1. The van der Waals surface area contributed by atoms with Crippen molar-refractivity contribution in [3.63, 3.8) is 0 Å². The summed E-state index contributed by atoms with van der Waals surface area (Å²) in [6, 6.07) is 7.18. The van der Waals surface area contributed by atoms with Gasteiger partial charge in [0.05, 0.1) is 17.5 Å². The minimum atomic E-state index is -0.326. The maximum Gasteiger partial charge on any atom is 0.270 e. The Balaban J connectivity index is 2.01. The van der Waals surface area contributed by atoms with Crippen molar-refractivity contribution in [3.05, 3.63) is 69.4 Å². The highest BCUT2D eigenvalue weighted by Crippen LogP contribution is 2.15. The van der Waals surface area contributed by atoms with E-state index < -0.39 is 0 Å². The highest BCUT2D eigenvalue weighted by molar-refractivity contribution is 5.97. The molecule has 0 aliphatic heterocycles. The number of pyridine rings is 1. The largest absolute Gasteiger partial charge is 0.319 e. The number of rotatable bonds is 3. The maximum absolute atomic E-state index is 12.2. The number of aromatic nitrogens is 3. The zero-order valence-electron chi connectivity index (χ0n) is 12.4. The van der Waals surface area contributed by atoms with Gasteiger partial charge in [-0.25, -0.2) is 4.98 Å². The Morgan fingerprint density at radius 1 is 1.23 bits per heavy atom. The van der Waals surface area contributed by atoms with Gasteiger partial charge in [0.1, 0.15) is 5.69 Å². The molecule has 3 aromatic rings. The summed E-state index contributed by atoms with van der Waals surface area (Å²) in [5.41, 5.74) is 3.93. The van der Waals surface area contributed by atoms with Gasteiger partial charge in [0.15, 0.2) is 5.78 Å². The van der Waals surface area contributed by atoms with Gasteiger partial charge in [0, 0.05) is 18.0 Å². The molecule has 2 heterocycles. The van der Waals surface area contributed by atoms with Gasteiger partial charge in [0.2, 0.25) is 0 Å². The Bertz CT molecular complexity index is 914. The van der Waals surface area contributed by atoms with Crippen molar-refractivity contribution < 1.29 is 4.79 Å². The van der Waals surface area contributed by atoms with Gasteiger partial charge >= 0.3 is 0 Å². The fourth-order valence-electron chi connectivity index (χ4n) is 2.29. The molecule has 110 valence electrons. The van der Waals surface area contributed by atoms with Gasteiger partial charge in [-0.05, 0) is 49.2 Å². The third-order valence-electron chi connectivity index (χ3n) is 3.69. The summed E-state index contributed by atoms with van der Waals surface area (Å²) in [6.07, 6.45) is 3.05. The number of nitrogens with one attached hydrogen (secondary N) is 1. The minimum absolute atomic E-state index is 0.0378. The Morgan fingerprint density at radius 3 is 2.73 bits per heavy atom. The van der Waals surface area contributed by atoms with Crippen LogP contribution in [0.2, 0.25) is 0 Å². The molecule has 0 radical (unpaired) electrons. The van der Waals surface area contributed by atoms with Gasteiger partial charge in [-0.3, -0.25) is 14.6 Å². The molecule has 5 nitrogen and oxygen atoms in total. The van der Waals surface area contributed by atoms with E-state index in [1.165, 1.54) is 6.20 Å². The lowest BCUT2D eigenvalue weighted by Crippen LogP contribution is -2.19. The lowest BCUT2D eigenvalue weighted by atomic mass is 10.1. The average Bonchev–Trinajstić information content (AvgIpc) is 2.51. The number of carbonyl (C=O) groups excluding carboxylic acids is 1. The predicted molar refractivity (Wildman–Crippen MR) is 84.1 cm³/mol. The second kappa shape index (κ2) is 5.52. The van der Waals surface area contributed by atoms with Crippen LogP contribution in [0.15, 0.2) is 41.5 Å². The van der Waals surface area contributed by atoms with Gasteiger partial charge < -0.3 is 4.98 Å². The third kappa shape index (κ3) is 2.65. The number of ketones is 1. The quantitative estimate of drug-likeness (QED) is 0.752. The van der Waals surface area contributed by atoms with Crippen LogP contribution in [0.25, 0.3) is 11.0 Å². The summed E-state index contributed by atoms with van der Waals surface area (Å²) in [7, 11) is 0. The number of carbonyl (C=O) groups is 1. The van der Waals surface area contributed by atoms with Crippen LogP contribution in [0.3, 0.4) is 0 Å². The van der Waals surface area contributed by atoms with Crippen LogP contribution in [-0.2, 0) is 6.42 Å². The topological polar surface area (TPSA) is 75.7 Å². The molecule has 0 aliphatic carbocycles.